The van der Waals surface area contributed by atoms with Gasteiger partial charge in [0.2, 0.25) is 5.82 Å². The van der Waals surface area contributed by atoms with Crippen LogP contribution in [0, 0.1) is 16.0 Å². The molecule has 0 aliphatic carbocycles. The number of nitrogens with zero attached hydrogens (tertiary/aromatic N) is 3. The molecule has 0 radical (unpaired) electrons. The summed E-state index contributed by atoms with van der Waals surface area (Å²) in [6.45, 7) is 6.40. The minimum absolute atomic E-state index is 0.0409. The van der Waals surface area contributed by atoms with E-state index < -0.39 is 4.92 Å². The second-order valence-electron chi connectivity index (χ2n) is 5.12. The fourth-order valence-electron chi connectivity index (χ4n) is 2.48. The van der Waals surface area contributed by atoms with E-state index in [9.17, 15) is 10.1 Å². The summed E-state index contributed by atoms with van der Waals surface area (Å²) < 4.78 is 0. The Morgan fingerprint density at radius 1 is 1.50 bits per heavy atom. The molecule has 7 heteroatoms. The first-order valence-corrected chi connectivity index (χ1v) is 6.97. The quantitative estimate of drug-likeness (QED) is 0.629. The van der Waals surface area contributed by atoms with Crippen molar-refractivity contribution >= 4 is 17.3 Å². The average Bonchev–Trinajstić information content (AvgIpc) is 2.45. The van der Waals surface area contributed by atoms with Crippen molar-refractivity contribution in [3.8, 4) is 0 Å². The van der Waals surface area contributed by atoms with Crippen molar-refractivity contribution in [1.82, 2.24) is 9.88 Å². The largest absolute Gasteiger partial charge is 0.378 e. The smallest absolute Gasteiger partial charge is 0.311 e. The number of hydrogen-bond donors (Lipinski definition) is 2. The third-order valence-corrected chi connectivity index (χ3v) is 3.83. The molecule has 2 heterocycles. The van der Waals surface area contributed by atoms with Crippen molar-refractivity contribution < 1.29 is 4.92 Å². The molecule has 3 N–H and O–H groups in total. The van der Waals surface area contributed by atoms with Gasteiger partial charge in [-0.05, 0) is 44.5 Å². The Balaban J connectivity index is 1.85. The van der Waals surface area contributed by atoms with E-state index in [-0.39, 0.29) is 11.5 Å². The van der Waals surface area contributed by atoms with E-state index in [1.807, 2.05) is 0 Å². The summed E-state index contributed by atoms with van der Waals surface area (Å²) in [6.07, 6.45) is 2.34. The Morgan fingerprint density at radius 2 is 2.20 bits per heavy atom. The molecule has 7 nitrogen and oxygen atoms in total. The zero-order chi connectivity index (χ0) is 14.5. The molecule has 20 heavy (non-hydrogen) atoms. The lowest BCUT2D eigenvalue weighted by Gasteiger charge is -2.31. The minimum atomic E-state index is -0.521. The molecule has 1 fully saturated rings. The second-order valence-corrected chi connectivity index (χ2v) is 5.12. The van der Waals surface area contributed by atoms with Gasteiger partial charge in [0, 0.05) is 12.6 Å². The van der Waals surface area contributed by atoms with Crippen LogP contribution < -0.4 is 11.1 Å². The molecule has 1 aliphatic heterocycles. The van der Waals surface area contributed by atoms with E-state index in [1.54, 1.807) is 6.07 Å². The third-order valence-electron chi connectivity index (χ3n) is 3.83. The Hall–Kier alpha value is -1.89. The fraction of sp³-hybridized carbons (Fsp3) is 0.615. The van der Waals surface area contributed by atoms with Gasteiger partial charge in [-0.25, -0.2) is 4.98 Å². The van der Waals surface area contributed by atoms with Crippen LogP contribution in [0.5, 0.6) is 0 Å². The number of piperidine rings is 1. The molecule has 1 aromatic rings. The predicted octanol–water partition coefficient (Wildman–Crippen LogP) is 1.72. The van der Waals surface area contributed by atoms with Gasteiger partial charge in [-0.1, -0.05) is 6.92 Å². The summed E-state index contributed by atoms with van der Waals surface area (Å²) in [5.74, 6) is 1.18. The van der Waals surface area contributed by atoms with Crippen LogP contribution in [0.3, 0.4) is 0 Å². The van der Waals surface area contributed by atoms with E-state index in [0.29, 0.717) is 11.7 Å². The SMILES string of the molecule is CCN1CCC(CNc2ccc([N+](=O)[O-])c(N)n2)CC1. The second kappa shape index (κ2) is 6.51. The van der Waals surface area contributed by atoms with E-state index in [4.69, 9.17) is 5.73 Å². The fourth-order valence-corrected chi connectivity index (χ4v) is 2.48. The van der Waals surface area contributed by atoms with Crippen LogP contribution in [0.2, 0.25) is 0 Å². The van der Waals surface area contributed by atoms with Gasteiger partial charge < -0.3 is 16.0 Å². The van der Waals surface area contributed by atoms with E-state index in [2.05, 4.69) is 22.1 Å². The number of likely N-dealkylation sites (tertiary alicyclic amines) is 1. The molecule has 110 valence electrons. The standard InChI is InChI=1S/C13H21N5O2/c1-2-17-7-5-10(6-8-17)9-15-12-4-3-11(18(19)20)13(14)16-12/h3-4,10H,2,5-9H2,1H3,(H3,14,15,16). The van der Waals surface area contributed by atoms with Crippen molar-refractivity contribution in [1.29, 1.82) is 0 Å². The number of nitrogens with two attached hydrogens (primary N) is 1. The van der Waals surface area contributed by atoms with E-state index >= 15 is 0 Å². The van der Waals surface area contributed by atoms with Crippen molar-refractivity contribution in [2.24, 2.45) is 5.92 Å². The number of pyridine rings is 1. The van der Waals surface area contributed by atoms with Gasteiger partial charge >= 0.3 is 5.69 Å². The summed E-state index contributed by atoms with van der Waals surface area (Å²) in [5.41, 5.74) is 5.42. The van der Waals surface area contributed by atoms with Crippen LogP contribution in [0.25, 0.3) is 0 Å². The summed E-state index contributed by atoms with van der Waals surface area (Å²) >= 11 is 0. The van der Waals surface area contributed by atoms with Gasteiger partial charge in [-0.2, -0.15) is 0 Å². The molecule has 0 bridgehead atoms. The molecule has 1 saturated heterocycles. The molecular formula is C13H21N5O2. The highest BCUT2D eigenvalue weighted by atomic mass is 16.6. The predicted molar refractivity (Wildman–Crippen MR) is 78.6 cm³/mol. The molecule has 0 saturated carbocycles. The van der Waals surface area contributed by atoms with Crippen LogP contribution in [0.4, 0.5) is 17.3 Å². The summed E-state index contributed by atoms with van der Waals surface area (Å²) in [6, 6.07) is 3.00. The molecule has 0 aromatic carbocycles. The molecule has 1 aliphatic rings. The third kappa shape index (κ3) is 3.57. The zero-order valence-electron chi connectivity index (χ0n) is 11.7. The minimum Gasteiger partial charge on any atom is -0.378 e. The lowest BCUT2D eigenvalue weighted by molar-refractivity contribution is -0.384. The van der Waals surface area contributed by atoms with Crippen molar-refractivity contribution in [2.75, 3.05) is 37.2 Å². The molecular weight excluding hydrogens is 258 g/mol. The Labute approximate surface area is 118 Å². The number of nitrogens with one attached hydrogen (secondary N) is 1. The number of nitro groups is 1. The van der Waals surface area contributed by atoms with Gasteiger partial charge in [-0.3, -0.25) is 10.1 Å². The molecule has 0 unspecified atom stereocenters. The lowest BCUT2D eigenvalue weighted by atomic mass is 9.97. The van der Waals surface area contributed by atoms with Gasteiger partial charge in [0.05, 0.1) is 4.92 Å². The van der Waals surface area contributed by atoms with Gasteiger partial charge in [0.25, 0.3) is 0 Å². The molecule has 1 aromatic heterocycles. The molecule has 2 rings (SSSR count). The Morgan fingerprint density at radius 3 is 2.75 bits per heavy atom. The first-order chi connectivity index (χ1) is 9.60. The number of aromatic nitrogens is 1. The lowest BCUT2D eigenvalue weighted by Crippen LogP contribution is -2.35. The van der Waals surface area contributed by atoms with Crippen LogP contribution in [0.15, 0.2) is 12.1 Å². The maximum Gasteiger partial charge on any atom is 0.311 e. The number of nitrogen functional groups attached to an aromatic ring is 1. The van der Waals surface area contributed by atoms with Crippen molar-refractivity contribution in [3.63, 3.8) is 0 Å². The average molecular weight is 279 g/mol. The summed E-state index contributed by atoms with van der Waals surface area (Å²) in [5, 5.41) is 13.9. The van der Waals surface area contributed by atoms with Gasteiger partial charge in [0.1, 0.15) is 5.82 Å². The van der Waals surface area contributed by atoms with Crippen molar-refractivity contribution in [3.05, 3.63) is 22.2 Å². The zero-order valence-corrected chi connectivity index (χ0v) is 11.7. The molecule has 0 atom stereocenters. The normalized spacial score (nSPS) is 17.1. The Kier molecular flexibility index (Phi) is 4.73. The highest BCUT2D eigenvalue weighted by Crippen LogP contribution is 2.22. The van der Waals surface area contributed by atoms with Gasteiger partial charge in [0.15, 0.2) is 0 Å². The van der Waals surface area contributed by atoms with E-state index in [0.717, 1.165) is 26.2 Å². The number of rotatable bonds is 5. The van der Waals surface area contributed by atoms with Gasteiger partial charge in [-0.15, -0.1) is 0 Å². The van der Waals surface area contributed by atoms with Crippen LogP contribution in [-0.2, 0) is 0 Å². The Bertz CT molecular complexity index is 472. The number of hydrogen-bond acceptors (Lipinski definition) is 6. The monoisotopic (exact) mass is 279 g/mol. The highest BCUT2D eigenvalue weighted by Gasteiger charge is 2.18. The van der Waals surface area contributed by atoms with Crippen LogP contribution in [0.1, 0.15) is 19.8 Å². The van der Waals surface area contributed by atoms with Crippen LogP contribution in [-0.4, -0.2) is 41.0 Å². The molecule has 0 spiro atoms. The maximum absolute atomic E-state index is 10.7. The number of anilines is 2. The summed E-state index contributed by atoms with van der Waals surface area (Å²) in [4.78, 5) is 16.6. The van der Waals surface area contributed by atoms with Crippen molar-refractivity contribution in [2.45, 2.75) is 19.8 Å². The maximum atomic E-state index is 10.7. The topological polar surface area (TPSA) is 97.3 Å². The first kappa shape index (κ1) is 14.5. The van der Waals surface area contributed by atoms with E-state index in [1.165, 1.54) is 18.9 Å². The summed E-state index contributed by atoms with van der Waals surface area (Å²) in [7, 11) is 0. The molecule has 0 amide bonds. The first-order valence-electron chi connectivity index (χ1n) is 6.97. The highest BCUT2D eigenvalue weighted by molar-refractivity contribution is 5.57. The van der Waals surface area contributed by atoms with Crippen LogP contribution >= 0.6 is 0 Å².